The fraction of sp³-hybridized carbons (Fsp3) is 0.312. The topological polar surface area (TPSA) is 32.5 Å². The van der Waals surface area contributed by atoms with Crippen molar-refractivity contribution >= 4 is 39.1 Å². The molecule has 0 unspecified atom stereocenters. The molecule has 21 heavy (non-hydrogen) atoms. The Bertz CT molecular complexity index is 806. The number of nitrogens with zero attached hydrogens (tertiary/aromatic N) is 3. The molecule has 1 aliphatic rings. The fourth-order valence-electron chi connectivity index (χ4n) is 2.93. The molecule has 0 atom stereocenters. The first kappa shape index (κ1) is 12.9. The van der Waals surface area contributed by atoms with Gasteiger partial charge in [0.15, 0.2) is 0 Å². The normalized spacial score (nSPS) is 17.0. The van der Waals surface area contributed by atoms with Crippen LogP contribution in [0.4, 0.5) is 5.82 Å². The van der Waals surface area contributed by atoms with Crippen LogP contribution in [0.2, 0.25) is 5.02 Å². The zero-order valence-electron chi connectivity index (χ0n) is 11.8. The lowest BCUT2D eigenvalue weighted by atomic mass is 10.1. The molecular weight excluding hydrogens is 286 g/mol. The summed E-state index contributed by atoms with van der Waals surface area (Å²) >= 11 is 6.12. The largest absolute Gasteiger partial charge is 0.471 e. The molecule has 1 aliphatic heterocycles. The molecule has 0 amide bonds. The maximum Gasteiger partial charge on any atom is 0.140 e. The minimum atomic E-state index is 0.721. The fourth-order valence-corrected chi connectivity index (χ4v) is 3.11. The quantitative estimate of drug-likeness (QED) is 0.690. The van der Waals surface area contributed by atoms with Gasteiger partial charge in [-0.1, -0.05) is 11.6 Å². The monoisotopic (exact) mass is 301 g/mol. The minimum absolute atomic E-state index is 0.721. The lowest BCUT2D eigenvalue weighted by Gasteiger charge is -2.33. The number of anilines is 1. The van der Waals surface area contributed by atoms with Crippen molar-refractivity contribution in [2.45, 2.75) is 0 Å². The van der Waals surface area contributed by atoms with Gasteiger partial charge in [-0.2, -0.15) is 0 Å². The van der Waals surface area contributed by atoms with E-state index in [1.165, 1.54) is 0 Å². The number of fused-ring (bicyclic) bond motifs is 3. The van der Waals surface area contributed by atoms with Gasteiger partial charge in [0, 0.05) is 42.0 Å². The molecule has 0 bridgehead atoms. The Morgan fingerprint density at radius 3 is 2.62 bits per heavy atom. The molecule has 3 aromatic rings. The molecule has 4 rings (SSSR count). The third-order valence-electron chi connectivity index (χ3n) is 4.18. The Morgan fingerprint density at radius 2 is 1.81 bits per heavy atom. The second kappa shape index (κ2) is 4.90. The highest BCUT2D eigenvalue weighted by Gasteiger charge is 2.19. The van der Waals surface area contributed by atoms with Gasteiger partial charge in [-0.25, -0.2) is 4.98 Å². The Kier molecular flexibility index (Phi) is 3.01. The van der Waals surface area contributed by atoms with Gasteiger partial charge in [0.2, 0.25) is 0 Å². The van der Waals surface area contributed by atoms with Crippen LogP contribution in [-0.4, -0.2) is 43.1 Å². The van der Waals surface area contributed by atoms with Gasteiger partial charge in [-0.05, 0) is 25.2 Å². The second-order valence-electron chi connectivity index (χ2n) is 5.59. The Labute approximate surface area is 127 Å². The maximum absolute atomic E-state index is 6.12. The van der Waals surface area contributed by atoms with Crippen molar-refractivity contribution in [2.75, 3.05) is 38.1 Å². The third kappa shape index (κ3) is 2.15. The number of furan rings is 1. The average Bonchev–Trinajstić information content (AvgIpc) is 2.97. The SMILES string of the molecule is CN1CCN(c2nc3ccc(Cl)cc3c3cocc23)CC1. The summed E-state index contributed by atoms with van der Waals surface area (Å²) < 4.78 is 5.45. The number of piperazine rings is 1. The molecule has 0 N–H and O–H groups in total. The molecule has 3 heterocycles. The molecule has 0 spiro atoms. The summed E-state index contributed by atoms with van der Waals surface area (Å²) in [6.45, 7) is 4.09. The zero-order valence-corrected chi connectivity index (χ0v) is 12.6. The zero-order chi connectivity index (χ0) is 14.4. The summed E-state index contributed by atoms with van der Waals surface area (Å²) in [5, 5.41) is 3.91. The van der Waals surface area contributed by atoms with E-state index in [2.05, 4.69) is 16.8 Å². The number of hydrogen-bond acceptors (Lipinski definition) is 4. The standard InChI is InChI=1S/C16H16ClN3O/c1-19-4-6-20(7-5-19)16-14-10-21-9-13(14)12-8-11(17)2-3-15(12)18-16/h2-3,8-10H,4-7H2,1H3. The number of halogens is 1. The van der Waals surface area contributed by atoms with Crippen LogP contribution >= 0.6 is 11.6 Å². The predicted octanol–water partition coefficient (Wildman–Crippen LogP) is 3.39. The van der Waals surface area contributed by atoms with Crippen molar-refractivity contribution in [3.63, 3.8) is 0 Å². The highest BCUT2D eigenvalue weighted by atomic mass is 35.5. The summed E-state index contributed by atoms with van der Waals surface area (Å²) in [5.74, 6) is 1.02. The van der Waals surface area contributed by atoms with E-state index < -0.39 is 0 Å². The Balaban J connectivity index is 1.91. The van der Waals surface area contributed by atoms with Crippen molar-refractivity contribution in [3.8, 4) is 0 Å². The van der Waals surface area contributed by atoms with Crippen LogP contribution in [0.3, 0.4) is 0 Å². The molecule has 2 aromatic heterocycles. The van der Waals surface area contributed by atoms with Crippen molar-refractivity contribution in [1.82, 2.24) is 9.88 Å². The van der Waals surface area contributed by atoms with Crippen LogP contribution in [0.15, 0.2) is 35.1 Å². The van der Waals surface area contributed by atoms with Crippen molar-refractivity contribution < 1.29 is 4.42 Å². The highest BCUT2D eigenvalue weighted by molar-refractivity contribution is 6.31. The number of likely N-dealkylation sites (N-methyl/N-ethyl adjacent to an activating group) is 1. The van der Waals surface area contributed by atoms with E-state index in [4.69, 9.17) is 21.0 Å². The van der Waals surface area contributed by atoms with Gasteiger partial charge >= 0.3 is 0 Å². The van der Waals surface area contributed by atoms with E-state index in [1.807, 2.05) is 18.2 Å². The average molecular weight is 302 g/mol. The Morgan fingerprint density at radius 1 is 1.05 bits per heavy atom. The molecule has 5 heteroatoms. The highest BCUT2D eigenvalue weighted by Crippen LogP contribution is 2.33. The Hall–Kier alpha value is -1.78. The van der Waals surface area contributed by atoms with Crippen molar-refractivity contribution in [3.05, 3.63) is 35.7 Å². The van der Waals surface area contributed by atoms with Gasteiger partial charge in [0.05, 0.1) is 17.2 Å². The lowest BCUT2D eigenvalue weighted by molar-refractivity contribution is 0.312. The van der Waals surface area contributed by atoms with E-state index in [-0.39, 0.29) is 0 Å². The van der Waals surface area contributed by atoms with Crippen LogP contribution < -0.4 is 4.90 Å². The molecule has 1 aromatic carbocycles. The van der Waals surface area contributed by atoms with Gasteiger partial charge in [0.25, 0.3) is 0 Å². The lowest BCUT2D eigenvalue weighted by Crippen LogP contribution is -2.44. The molecule has 0 saturated carbocycles. The molecule has 1 fully saturated rings. The van der Waals surface area contributed by atoms with Crippen LogP contribution in [0, 0.1) is 0 Å². The molecule has 0 aliphatic carbocycles. The third-order valence-corrected chi connectivity index (χ3v) is 4.42. The number of hydrogen-bond donors (Lipinski definition) is 0. The maximum atomic E-state index is 6.12. The first-order valence-corrected chi connectivity index (χ1v) is 7.49. The summed E-state index contributed by atoms with van der Waals surface area (Å²) in [4.78, 5) is 9.53. The van der Waals surface area contributed by atoms with Crippen molar-refractivity contribution in [2.24, 2.45) is 0 Å². The summed E-state index contributed by atoms with van der Waals surface area (Å²) in [6, 6.07) is 5.82. The van der Waals surface area contributed by atoms with E-state index in [9.17, 15) is 0 Å². The van der Waals surface area contributed by atoms with Crippen LogP contribution in [0.25, 0.3) is 21.7 Å². The number of rotatable bonds is 1. The van der Waals surface area contributed by atoms with Crippen LogP contribution in [0.5, 0.6) is 0 Å². The number of benzene rings is 1. The smallest absolute Gasteiger partial charge is 0.140 e. The van der Waals surface area contributed by atoms with Crippen LogP contribution in [-0.2, 0) is 0 Å². The first-order chi connectivity index (χ1) is 10.2. The van der Waals surface area contributed by atoms with E-state index >= 15 is 0 Å². The second-order valence-corrected chi connectivity index (χ2v) is 6.02. The van der Waals surface area contributed by atoms with Crippen molar-refractivity contribution in [1.29, 1.82) is 0 Å². The number of pyridine rings is 1. The molecule has 0 radical (unpaired) electrons. The van der Waals surface area contributed by atoms with Gasteiger partial charge in [0.1, 0.15) is 12.1 Å². The van der Waals surface area contributed by atoms with Gasteiger partial charge in [-0.3, -0.25) is 0 Å². The van der Waals surface area contributed by atoms with Crippen LogP contribution in [0.1, 0.15) is 0 Å². The van der Waals surface area contributed by atoms with Gasteiger partial charge < -0.3 is 14.2 Å². The summed E-state index contributed by atoms with van der Waals surface area (Å²) in [6.07, 6.45) is 3.57. The molecule has 4 nitrogen and oxygen atoms in total. The summed E-state index contributed by atoms with van der Waals surface area (Å²) in [5.41, 5.74) is 0.960. The predicted molar refractivity (Wildman–Crippen MR) is 86.2 cm³/mol. The summed E-state index contributed by atoms with van der Waals surface area (Å²) in [7, 11) is 2.15. The minimum Gasteiger partial charge on any atom is -0.471 e. The van der Waals surface area contributed by atoms with E-state index in [0.717, 1.165) is 58.7 Å². The van der Waals surface area contributed by atoms with E-state index in [0.29, 0.717) is 0 Å². The first-order valence-electron chi connectivity index (χ1n) is 7.11. The molecule has 108 valence electrons. The molecule has 1 saturated heterocycles. The van der Waals surface area contributed by atoms with E-state index in [1.54, 1.807) is 12.5 Å². The number of aromatic nitrogens is 1. The van der Waals surface area contributed by atoms with Gasteiger partial charge in [-0.15, -0.1) is 0 Å². The molecular formula is C16H16ClN3O.